The standard InChI is InChI=1S/C18H16F3N3O2.C5H11N/c19-18(20,21)17(25)12-5-3-4-11(8-12)13-9-14-16(23-26-22-14)15(10-13)24-6-1-2-7-24;1-6-4-2-3-5-6/h3-5,8-10,17,25H,1-2,6-7H2;2-5H2,1H3. The van der Waals surface area contributed by atoms with Gasteiger partial charge in [-0.1, -0.05) is 18.2 Å². The van der Waals surface area contributed by atoms with Crippen LogP contribution in [0.15, 0.2) is 41.0 Å². The van der Waals surface area contributed by atoms with Gasteiger partial charge in [0.1, 0.15) is 5.52 Å². The second-order valence-corrected chi connectivity index (χ2v) is 8.40. The molecule has 0 amide bonds. The molecule has 1 atom stereocenters. The molecule has 6 nitrogen and oxygen atoms in total. The Balaban J connectivity index is 0.000000354. The van der Waals surface area contributed by atoms with Gasteiger partial charge in [0.25, 0.3) is 0 Å². The Bertz CT molecular complexity index is 1040. The quantitative estimate of drug-likeness (QED) is 0.621. The highest BCUT2D eigenvalue weighted by Gasteiger charge is 2.39. The van der Waals surface area contributed by atoms with E-state index in [1.807, 2.05) is 6.07 Å². The number of likely N-dealkylation sites (tertiary alicyclic amines) is 1. The number of anilines is 1. The normalized spacial score (nSPS) is 18.1. The maximum atomic E-state index is 12.8. The summed E-state index contributed by atoms with van der Waals surface area (Å²) in [6.45, 7) is 4.41. The van der Waals surface area contributed by atoms with Crippen molar-refractivity contribution in [2.75, 3.05) is 38.1 Å². The summed E-state index contributed by atoms with van der Waals surface area (Å²) in [7, 11) is 2.17. The van der Waals surface area contributed by atoms with E-state index < -0.39 is 12.3 Å². The van der Waals surface area contributed by atoms with Gasteiger partial charge in [-0.2, -0.15) is 13.2 Å². The summed E-state index contributed by atoms with van der Waals surface area (Å²) >= 11 is 0. The van der Waals surface area contributed by atoms with Crippen LogP contribution in [0.4, 0.5) is 18.9 Å². The van der Waals surface area contributed by atoms with Gasteiger partial charge in [0, 0.05) is 13.1 Å². The van der Waals surface area contributed by atoms with Crippen LogP contribution in [-0.4, -0.2) is 59.7 Å². The van der Waals surface area contributed by atoms with E-state index in [0.717, 1.165) is 31.6 Å². The molecule has 32 heavy (non-hydrogen) atoms. The third-order valence-corrected chi connectivity index (χ3v) is 5.96. The van der Waals surface area contributed by atoms with Gasteiger partial charge < -0.3 is 14.9 Å². The van der Waals surface area contributed by atoms with E-state index in [4.69, 9.17) is 4.63 Å². The highest BCUT2D eigenvalue weighted by atomic mass is 19.4. The third kappa shape index (κ3) is 5.05. The first-order chi connectivity index (χ1) is 15.3. The summed E-state index contributed by atoms with van der Waals surface area (Å²) < 4.78 is 43.3. The molecule has 1 unspecified atom stereocenters. The fraction of sp³-hybridized carbons (Fsp3) is 0.478. The smallest absolute Gasteiger partial charge is 0.379 e. The number of aliphatic hydroxyl groups is 1. The number of aromatic nitrogens is 2. The molecule has 9 heteroatoms. The fourth-order valence-corrected chi connectivity index (χ4v) is 4.19. The lowest BCUT2D eigenvalue weighted by molar-refractivity contribution is -0.206. The fourth-order valence-electron chi connectivity index (χ4n) is 4.19. The van der Waals surface area contributed by atoms with Crippen LogP contribution in [0.3, 0.4) is 0 Å². The number of nitrogens with zero attached hydrogens (tertiary/aromatic N) is 4. The summed E-state index contributed by atoms with van der Waals surface area (Å²) in [6.07, 6.45) is -2.25. The highest BCUT2D eigenvalue weighted by Crippen LogP contribution is 2.36. The average molecular weight is 448 g/mol. The van der Waals surface area contributed by atoms with E-state index in [-0.39, 0.29) is 5.56 Å². The number of hydrogen-bond donors (Lipinski definition) is 1. The van der Waals surface area contributed by atoms with Crippen LogP contribution >= 0.6 is 0 Å². The molecule has 0 spiro atoms. The number of hydrogen-bond acceptors (Lipinski definition) is 6. The largest absolute Gasteiger partial charge is 0.418 e. The predicted molar refractivity (Wildman–Crippen MR) is 116 cm³/mol. The lowest BCUT2D eigenvalue weighted by Gasteiger charge is -2.19. The van der Waals surface area contributed by atoms with Gasteiger partial charge >= 0.3 is 6.18 Å². The van der Waals surface area contributed by atoms with E-state index in [1.54, 1.807) is 12.1 Å². The van der Waals surface area contributed by atoms with Crippen molar-refractivity contribution in [2.24, 2.45) is 0 Å². The molecule has 172 valence electrons. The minimum absolute atomic E-state index is 0.198. The van der Waals surface area contributed by atoms with Crippen LogP contribution in [-0.2, 0) is 0 Å². The number of alkyl halides is 3. The Morgan fingerprint density at radius 3 is 2.25 bits per heavy atom. The zero-order valence-electron chi connectivity index (χ0n) is 18.0. The summed E-state index contributed by atoms with van der Waals surface area (Å²) in [6, 6.07) is 9.43. The molecule has 3 heterocycles. The lowest BCUT2D eigenvalue weighted by atomic mass is 9.99. The first-order valence-electron chi connectivity index (χ1n) is 10.9. The summed E-state index contributed by atoms with van der Waals surface area (Å²) in [5, 5.41) is 17.4. The van der Waals surface area contributed by atoms with Gasteiger partial charge in [-0.25, -0.2) is 4.63 Å². The van der Waals surface area contributed by atoms with Gasteiger partial charge in [-0.05, 0) is 91.0 Å². The molecule has 2 fully saturated rings. The van der Waals surface area contributed by atoms with E-state index >= 15 is 0 Å². The van der Waals surface area contributed by atoms with Crippen molar-refractivity contribution in [3.8, 4) is 11.1 Å². The molecule has 5 rings (SSSR count). The molecule has 0 bridgehead atoms. The Labute approximate surface area is 184 Å². The van der Waals surface area contributed by atoms with Gasteiger partial charge in [-0.15, -0.1) is 0 Å². The van der Waals surface area contributed by atoms with Crippen LogP contribution in [0, 0.1) is 0 Å². The van der Waals surface area contributed by atoms with Crippen molar-refractivity contribution in [1.29, 1.82) is 0 Å². The zero-order chi connectivity index (χ0) is 22.7. The summed E-state index contributed by atoms with van der Waals surface area (Å²) in [5.41, 5.74) is 3.12. The minimum Gasteiger partial charge on any atom is -0.379 e. The van der Waals surface area contributed by atoms with Gasteiger partial charge in [0.2, 0.25) is 0 Å². The molecule has 2 aliphatic heterocycles. The van der Waals surface area contributed by atoms with Crippen LogP contribution in [0.25, 0.3) is 22.2 Å². The van der Waals surface area contributed by atoms with Crippen LogP contribution in [0.2, 0.25) is 0 Å². The van der Waals surface area contributed by atoms with Crippen molar-refractivity contribution in [2.45, 2.75) is 38.0 Å². The summed E-state index contributed by atoms with van der Waals surface area (Å²) in [4.78, 5) is 4.53. The van der Waals surface area contributed by atoms with Crippen LogP contribution < -0.4 is 4.90 Å². The Hall–Kier alpha value is -2.65. The van der Waals surface area contributed by atoms with Crippen LogP contribution in [0.5, 0.6) is 0 Å². The first kappa shape index (κ1) is 22.5. The molecule has 0 saturated carbocycles. The molecular formula is C23H27F3N4O2. The molecule has 0 aliphatic carbocycles. The molecule has 1 aromatic heterocycles. The molecule has 2 aromatic carbocycles. The molecule has 2 saturated heterocycles. The highest BCUT2D eigenvalue weighted by molar-refractivity contribution is 5.92. The first-order valence-corrected chi connectivity index (χ1v) is 10.9. The lowest BCUT2D eigenvalue weighted by Crippen LogP contribution is -2.20. The maximum absolute atomic E-state index is 12.8. The molecule has 2 aliphatic rings. The number of halogens is 3. The Kier molecular flexibility index (Phi) is 6.66. The maximum Gasteiger partial charge on any atom is 0.418 e. The number of fused-ring (bicyclic) bond motifs is 1. The van der Waals surface area contributed by atoms with Crippen molar-refractivity contribution >= 4 is 16.7 Å². The van der Waals surface area contributed by atoms with Crippen molar-refractivity contribution in [3.63, 3.8) is 0 Å². The summed E-state index contributed by atoms with van der Waals surface area (Å²) in [5.74, 6) is 0. The van der Waals surface area contributed by atoms with Crippen molar-refractivity contribution < 1.29 is 22.9 Å². The zero-order valence-corrected chi connectivity index (χ0v) is 18.0. The monoisotopic (exact) mass is 448 g/mol. The minimum atomic E-state index is -4.71. The number of benzene rings is 2. The average Bonchev–Trinajstić information content (AvgIpc) is 3.55. The molecule has 3 aromatic rings. The second-order valence-electron chi connectivity index (χ2n) is 8.40. The number of aliphatic hydroxyl groups excluding tert-OH is 1. The SMILES string of the molecule is CN1CCCC1.OC(c1cccc(-c2cc(N3CCCC3)c3nonc3c2)c1)C(F)(F)F. The van der Waals surface area contributed by atoms with E-state index in [0.29, 0.717) is 22.2 Å². The van der Waals surface area contributed by atoms with E-state index in [1.165, 1.54) is 44.1 Å². The van der Waals surface area contributed by atoms with E-state index in [9.17, 15) is 18.3 Å². The second kappa shape index (κ2) is 9.46. The van der Waals surface area contributed by atoms with Gasteiger partial charge in [0.05, 0.1) is 5.69 Å². The molecular weight excluding hydrogens is 421 g/mol. The third-order valence-electron chi connectivity index (χ3n) is 5.96. The molecule has 0 radical (unpaired) electrons. The Morgan fingerprint density at radius 1 is 0.938 bits per heavy atom. The van der Waals surface area contributed by atoms with Gasteiger partial charge in [0.15, 0.2) is 11.6 Å². The number of rotatable bonds is 3. The van der Waals surface area contributed by atoms with Gasteiger partial charge in [-0.3, -0.25) is 0 Å². The van der Waals surface area contributed by atoms with Crippen LogP contribution in [0.1, 0.15) is 37.4 Å². The topological polar surface area (TPSA) is 65.6 Å². The van der Waals surface area contributed by atoms with Crippen molar-refractivity contribution in [1.82, 2.24) is 15.2 Å². The van der Waals surface area contributed by atoms with E-state index in [2.05, 4.69) is 27.2 Å². The molecule has 1 N–H and O–H groups in total. The van der Waals surface area contributed by atoms with Crippen molar-refractivity contribution in [3.05, 3.63) is 42.0 Å². The predicted octanol–water partition coefficient (Wildman–Crippen LogP) is 4.80. The Morgan fingerprint density at radius 2 is 1.62 bits per heavy atom.